The van der Waals surface area contributed by atoms with E-state index in [2.05, 4.69) is 5.16 Å². The summed E-state index contributed by atoms with van der Waals surface area (Å²) in [7, 11) is 0. The highest BCUT2D eigenvalue weighted by atomic mass is 16.5. The second-order valence-corrected chi connectivity index (χ2v) is 5.78. The molecule has 1 aliphatic heterocycles. The third kappa shape index (κ3) is 3.71. The molecule has 23 heavy (non-hydrogen) atoms. The van der Waals surface area contributed by atoms with E-state index < -0.39 is 0 Å². The average Bonchev–Trinajstić information content (AvgIpc) is 3.19. The number of para-hydroxylation sites is 1. The maximum absolute atomic E-state index is 12.7. The van der Waals surface area contributed by atoms with E-state index in [-0.39, 0.29) is 23.5 Å². The molecule has 0 aliphatic carbocycles. The van der Waals surface area contributed by atoms with Gasteiger partial charge in [-0.2, -0.15) is 0 Å². The Morgan fingerprint density at radius 2 is 2.26 bits per heavy atom. The molecule has 1 aliphatic rings. The minimum Gasteiger partial charge on any atom is -0.508 e. The van der Waals surface area contributed by atoms with Crippen LogP contribution in [0, 0.1) is 6.92 Å². The van der Waals surface area contributed by atoms with Crippen molar-refractivity contribution in [3.05, 3.63) is 47.3 Å². The van der Waals surface area contributed by atoms with Gasteiger partial charge in [0.1, 0.15) is 5.75 Å². The smallest absolute Gasteiger partial charge is 0.292 e. The second-order valence-electron chi connectivity index (χ2n) is 5.78. The van der Waals surface area contributed by atoms with Gasteiger partial charge in [0.25, 0.3) is 5.91 Å². The van der Waals surface area contributed by atoms with Crippen molar-refractivity contribution in [2.45, 2.75) is 32.4 Å². The number of hydrogen-bond acceptors (Lipinski definition) is 5. The molecule has 1 fully saturated rings. The monoisotopic (exact) mass is 316 g/mol. The van der Waals surface area contributed by atoms with Crippen LogP contribution in [0.4, 0.5) is 0 Å². The molecule has 6 heteroatoms. The Morgan fingerprint density at radius 1 is 1.43 bits per heavy atom. The number of aryl methyl sites for hydroxylation is 1. The van der Waals surface area contributed by atoms with Crippen molar-refractivity contribution in [3.63, 3.8) is 0 Å². The van der Waals surface area contributed by atoms with E-state index >= 15 is 0 Å². The number of nitrogens with zero attached hydrogens (tertiary/aromatic N) is 2. The molecule has 1 amide bonds. The van der Waals surface area contributed by atoms with Crippen LogP contribution in [-0.4, -0.2) is 40.3 Å². The largest absolute Gasteiger partial charge is 0.508 e. The Kier molecular flexibility index (Phi) is 4.62. The molecule has 0 bridgehead atoms. The van der Waals surface area contributed by atoms with E-state index in [1.165, 1.54) is 0 Å². The Morgan fingerprint density at radius 3 is 2.91 bits per heavy atom. The number of phenolic OH excluding ortho intramolecular Hbond substituents is 1. The summed E-state index contributed by atoms with van der Waals surface area (Å²) in [5, 5.41) is 13.7. The van der Waals surface area contributed by atoms with Crippen LogP contribution in [0.25, 0.3) is 0 Å². The summed E-state index contributed by atoms with van der Waals surface area (Å²) in [6.07, 6.45) is 1.96. The third-order valence-corrected chi connectivity index (χ3v) is 3.93. The Bertz CT molecular complexity index is 677. The molecule has 2 heterocycles. The average molecular weight is 316 g/mol. The molecule has 122 valence electrons. The van der Waals surface area contributed by atoms with Crippen LogP contribution in [0.2, 0.25) is 0 Å². The molecule has 1 saturated heterocycles. The maximum Gasteiger partial charge on any atom is 0.292 e. The number of carbonyl (C=O) groups excluding carboxylic acids is 1. The van der Waals surface area contributed by atoms with Crippen LogP contribution in [-0.2, 0) is 11.3 Å². The van der Waals surface area contributed by atoms with Gasteiger partial charge in [0.15, 0.2) is 0 Å². The van der Waals surface area contributed by atoms with Crippen molar-refractivity contribution < 1.29 is 19.2 Å². The lowest BCUT2D eigenvalue weighted by molar-refractivity contribution is 0.0475. The molecule has 0 saturated carbocycles. The molecule has 0 spiro atoms. The summed E-state index contributed by atoms with van der Waals surface area (Å²) in [5.74, 6) is 0.131. The van der Waals surface area contributed by atoms with E-state index in [4.69, 9.17) is 9.26 Å². The highest BCUT2D eigenvalue weighted by molar-refractivity contribution is 5.91. The van der Waals surface area contributed by atoms with Crippen molar-refractivity contribution >= 4 is 5.91 Å². The molecule has 1 aromatic carbocycles. The normalized spacial score (nSPS) is 17.3. The van der Waals surface area contributed by atoms with Crippen LogP contribution < -0.4 is 0 Å². The molecule has 1 unspecified atom stereocenters. The molecule has 0 radical (unpaired) electrons. The van der Waals surface area contributed by atoms with E-state index in [1.54, 1.807) is 36.1 Å². The molecule has 3 rings (SSSR count). The molecule has 1 N–H and O–H groups in total. The zero-order valence-electron chi connectivity index (χ0n) is 13.1. The lowest BCUT2D eigenvalue weighted by atomic mass is 10.1. The molecule has 1 aromatic heterocycles. The van der Waals surface area contributed by atoms with Crippen LogP contribution in [0.15, 0.2) is 34.9 Å². The van der Waals surface area contributed by atoms with Gasteiger partial charge in [0.05, 0.1) is 11.8 Å². The standard InChI is InChI=1S/C17H20N2O4/c1-12-9-16(23-18-12)17(21)19(11-14-6-4-8-22-14)10-13-5-2-3-7-15(13)20/h2-3,5,7,9,14,20H,4,6,8,10-11H2,1H3. The lowest BCUT2D eigenvalue weighted by Crippen LogP contribution is -2.36. The summed E-state index contributed by atoms with van der Waals surface area (Å²) in [6, 6.07) is 8.63. The van der Waals surface area contributed by atoms with Gasteiger partial charge in [-0.1, -0.05) is 23.4 Å². The number of amides is 1. The van der Waals surface area contributed by atoms with Gasteiger partial charge in [-0.3, -0.25) is 4.79 Å². The van der Waals surface area contributed by atoms with Crippen molar-refractivity contribution in [3.8, 4) is 5.75 Å². The molecule has 6 nitrogen and oxygen atoms in total. The van der Waals surface area contributed by atoms with E-state index in [1.807, 2.05) is 6.07 Å². The van der Waals surface area contributed by atoms with Gasteiger partial charge in [0, 0.05) is 31.3 Å². The van der Waals surface area contributed by atoms with Crippen molar-refractivity contribution in [2.24, 2.45) is 0 Å². The quantitative estimate of drug-likeness (QED) is 0.917. The van der Waals surface area contributed by atoms with Crippen LogP contribution in [0.3, 0.4) is 0 Å². The molecular weight excluding hydrogens is 296 g/mol. The van der Waals surface area contributed by atoms with Crippen LogP contribution >= 0.6 is 0 Å². The first-order valence-electron chi connectivity index (χ1n) is 7.74. The van der Waals surface area contributed by atoms with E-state index in [9.17, 15) is 9.90 Å². The minimum absolute atomic E-state index is 0.0221. The highest BCUT2D eigenvalue weighted by Crippen LogP contribution is 2.21. The number of benzene rings is 1. The predicted molar refractivity (Wildman–Crippen MR) is 83.1 cm³/mol. The third-order valence-electron chi connectivity index (χ3n) is 3.93. The SMILES string of the molecule is Cc1cc(C(=O)N(Cc2ccccc2O)CC2CCCO2)on1. The van der Waals surface area contributed by atoms with Gasteiger partial charge < -0.3 is 19.3 Å². The predicted octanol–water partition coefficient (Wildman–Crippen LogP) is 2.51. The number of phenols is 1. The van der Waals surface area contributed by atoms with Crippen LogP contribution in [0.5, 0.6) is 5.75 Å². The first-order valence-corrected chi connectivity index (χ1v) is 7.74. The summed E-state index contributed by atoms with van der Waals surface area (Å²) in [6.45, 7) is 3.26. The fraction of sp³-hybridized carbons (Fsp3) is 0.412. The summed E-state index contributed by atoms with van der Waals surface area (Å²) >= 11 is 0. The number of ether oxygens (including phenoxy) is 1. The number of carbonyl (C=O) groups is 1. The number of aromatic nitrogens is 1. The van der Waals surface area contributed by atoms with Crippen molar-refractivity contribution in [1.82, 2.24) is 10.1 Å². The van der Waals surface area contributed by atoms with Crippen molar-refractivity contribution in [1.29, 1.82) is 0 Å². The Balaban J connectivity index is 1.80. The van der Waals surface area contributed by atoms with Gasteiger partial charge in [-0.05, 0) is 25.8 Å². The summed E-state index contributed by atoms with van der Waals surface area (Å²) in [5.41, 5.74) is 1.35. The fourth-order valence-corrected chi connectivity index (χ4v) is 2.72. The molecule has 2 aromatic rings. The van der Waals surface area contributed by atoms with Gasteiger partial charge in [-0.25, -0.2) is 0 Å². The fourth-order valence-electron chi connectivity index (χ4n) is 2.72. The zero-order valence-corrected chi connectivity index (χ0v) is 13.1. The topological polar surface area (TPSA) is 75.8 Å². The zero-order chi connectivity index (χ0) is 16.2. The lowest BCUT2D eigenvalue weighted by Gasteiger charge is -2.24. The van der Waals surface area contributed by atoms with Gasteiger partial charge >= 0.3 is 0 Å². The number of aromatic hydroxyl groups is 1. The second kappa shape index (κ2) is 6.83. The molecule has 1 atom stereocenters. The molecular formula is C17H20N2O4. The van der Waals surface area contributed by atoms with E-state index in [0.717, 1.165) is 19.4 Å². The van der Waals surface area contributed by atoms with Crippen molar-refractivity contribution in [2.75, 3.05) is 13.2 Å². The summed E-state index contributed by atoms with van der Waals surface area (Å²) in [4.78, 5) is 14.4. The maximum atomic E-state index is 12.7. The summed E-state index contributed by atoms with van der Waals surface area (Å²) < 4.78 is 10.7. The van der Waals surface area contributed by atoms with Crippen LogP contribution in [0.1, 0.15) is 34.7 Å². The first-order chi connectivity index (χ1) is 11.1. The van der Waals surface area contributed by atoms with Gasteiger partial charge in [-0.15, -0.1) is 0 Å². The number of hydrogen-bond donors (Lipinski definition) is 1. The Labute approximate surface area is 134 Å². The Hall–Kier alpha value is -2.34. The van der Waals surface area contributed by atoms with E-state index in [0.29, 0.717) is 24.3 Å². The highest BCUT2D eigenvalue weighted by Gasteiger charge is 2.26. The number of rotatable bonds is 5. The van der Waals surface area contributed by atoms with Gasteiger partial charge in [0.2, 0.25) is 5.76 Å². The first kappa shape index (κ1) is 15.6. The minimum atomic E-state index is -0.246.